The van der Waals surface area contributed by atoms with Gasteiger partial charge in [-0.15, -0.1) is 21.5 Å². The molecular weight excluding hydrogens is 444 g/mol. The maximum absolute atomic E-state index is 12.6. The van der Waals surface area contributed by atoms with Crippen LogP contribution in [0.1, 0.15) is 41.4 Å². The predicted octanol–water partition coefficient (Wildman–Crippen LogP) is 4.29. The number of anilines is 2. The Morgan fingerprint density at radius 3 is 2.56 bits per heavy atom. The molecule has 3 rings (SSSR count). The van der Waals surface area contributed by atoms with E-state index >= 15 is 0 Å². The number of carbonyl (C=O) groups is 2. The van der Waals surface area contributed by atoms with Gasteiger partial charge in [0.15, 0.2) is 10.3 Å². The minimum atomic E-state index is -0.398. The number of amides is 2. The van der Waals surface area contributed by atoms with Crippen molar-refractivity contribution in [2.45, 2.75) is 64.9 Å². The number of rotatable bonds is 8. The lowest BCUT2D eigenvalue weighted by atomic mass is 10.1. The van der Waals surface area contributed by atoms with Crippen molar-refractivity contribution >= 4 is 45.7 Å². The molecule has 0 saturated carbocycles. The molecule has 8 nitrogen and oxygen atoms in total. The average molecular weight is 473 g/mol. The Balaban J connectivity index is 1.65. The van der Waals surface area contributed by atoms with Gasteiger partial charge in [0.2, 0.25) is 11.8 Å². The van der Waals surface area contributed by atoms with Crippen molar-refractivity contribution in [3.05, 3.63) is 45.7 Å². The molecule has 0 aliphatic rings. The largest absolute Gasteiger partial charge is 0.325 e. The first kappa shape index (κ1) is 23.9. The number of nitrogens with one attached hydrogen (secondary N) is 2. The van der Waals surface area contributed by atoms with Gasteiger partial charge in [-0.3, -0.25) is 9.59 Å². The Labute approximate surface area is 196 Å². The van der Waals surface area contributed by atoms with Crippen LogP contribution < -0.4 is 10.6 Å². The molecule has 0 fully saturated rings. The first-order valence-electron chi connectivity index (χ1n) is 10.4. The zero-order valence-corrected chi connectivity index (χ0v) is 20.8. The van der Waals surface area contributed by atoms with Crippen molar-refractivity contribution in [1.82, 2.24) is 19.7 Å². The third-order valence-electron chi connectivity index (χ3n) is 5.22. The Morgan fingerprint density at radius 1 is 1.16 bits per heavy atom. The van der Waals surface area contributed by atoms with E-state index in [0.29, 0.717) is 22.7 Å². The fourth-order valence-electron chi connectivity index (χ4n) is 3.02. The number of aryl methyl sites for hydroxylation is 3. The maximum atomic E-state index is 12.6. The lowest BCUT2D eigenvalue weighted by Gasteiger charge is -2.12. The summed E-state index contributed by atoms with van der Waals surface area (Å²) in [6, 6.07) is 5.82. The van der Waals surface area contributed by atoms with E-state index in [2.05, 4.69) is 25.8 Å². The molecule has 1 aromatic carbocycles. The first-order valence-corrected chi connectivity index (χ1v) is 12.1. The van der Waals surface area contributed by atoms with E-state index in [9.17, 15) is 9.59 Å². The normalized spacial score (nSPS) is 11.9. The van der Waals surface area contributed by atoms with E-state index in [-0.39, 0.29) is 18.2 Å². The number of thiazole rings is 1. The van der Waals surface area contributed by atoms with Crippen molar-refractivity contribution in [1.29, 1.82) is 0 Å². The lowest BCUT2D eigenvalue weighted by molar-refractivity contribution is -0.116. The fourth-order valence-corrected chi connectivity index (χ4v) is 4.77. The summed E-state index contributed by atoms with van der Waals surface area (Å²) < 4.78 is 1.87. The number of thioether (sulfide) groups is 1. The monoisotopic (exact) mass is 472 g/mol. The highest BCUT2D eigenvalue weighted by Gasteiger charge is 2.22. The zero-order chi connectivity index (χ0) is 23.4. The number of hydrogen-bond acceptors (Lipinski definition) is 7. The van der Waals surface area contributed by atoms with Gasteiger partial charge in [0.1, 0.15) is 5.82 Å². The van der Waals surface area contributed by atoms with Crippen LogP contribution in [-0.2, 0) is 22.6 Å². The third-order valence-corrected chi connectivity index (χ3v) is 7.29. The second-order valence-corrected chi connectivity index (χ2v) is 10.0. The maximum Gasteiger partial charge on any atom is 0.239 e. The van der Waals surface area contributed by atoms with Gasteiger partial charge in [-0.1, -0.05) is 23.9 Å². The van der Waals surface area contributed by atoms with Crippen LogP contribution in [0.3, 0.4) is 0 Å². The molecule has 170 valence electrons. The highest BCUT2D eigenvalue weighted by Crippen LogP contribution is 2.26. The van der Waals surface area contributed by atoms with E-state index in [1.807, 2.05) is 64.3 Å². The number of nitrogens with zero attached hydrogens (tertiary/aromatic N) is 4. The highest BCUT2D eigenvalue weighted by molar-refractivity contribution is 8.00. The van der Waals surface area contributed by atoms with Crippen molar-refractivity contribution < 1.29 is 9.59 Å². The second kappa shape index (κ2) is 10.3. The van der Waals surface area contributed by atoms with E-state index in [1.165, 1.54) is 23.1 Å². The van der Waals surface area contributed by atoms with Crippen LogP contribution >= 0.6 is 23.1 Å². The van der Waals surface area contributed by atoms with Crippen molar-refractivity contribution in [2.24, 2.45) is 0 Å². The molecule has 0 aliphatic heterocycles. The van der Waals surface area contributed by atoms with E-state index < -0.39 is 5.25 Å². The van der Waals surface area contributed by atoms with Crippen LogP contribution in [0, 0.1) is 27.7 Å². The second-order valence-electron chi connectivity index (χ2n) is 7.53. The Morgan fingerprint density at radius 2 is 1.91 bits per heavy atom. The van der Waals surface area contributed by atoms with E-state index in [0.717, 1.165) is 27.4 Å². The van der Waals surface area contributed by atoms with Gasteiger partial charge in [0, 0.05) is 17.1 Å². The molecule has 0 radical (unpaired) electrons. The minimum absolute atomic E-state index is 0.104. The molecule has 1 unspecified atom stereocenters. The van der Waals surface area contributed by atoms with Crippen molar-refractivity contribution in [3.63, 3.8) is 0 Å². The molecule has 0 aliphatic carbocycles. The summed E-state index contributed by atoms with van der Waals surface area (Å²) in [6.07, 6.45) is 0.104. The molecule has 2 amide bonds. The summed E-state index contributed by atoms with van der Waals surface area (Å²) in [5.41, 5.74) is 3.87. The molecule has 1 atom stereocenters. The van der Waals surface area contributed by atoms with Crippen LogP contribution in [-0.4, -0.2) is 36.8 Å². The number of benzene rings is 1. The van der Waals surface area contributed by atoms with Crippen LogP contribution in [0.25, 0.3) is 0 Å². The highest BCUT2D eigenvalue weighted by atomic mass is 32.2. The molecule has 10 heteroatoms. The average Bonchev–Trinajstić information content (AvgIpc) is 3.26. The van der Waals surface area contributed by atoms with Crippen LogP contribution in [0.15, 0.2) is 23.4 Å². The SMILES string of the molecule is CCn1c(CC(=O)Nc2cccc(C)c2C)nnc1SC(C)C(=O)Nc1nc(C)c(C)s1. The van der Waals surface area contributed by atoms with Crippen LogP contribution in [0.4, 0.5) is 10.8 Å². The van der Waals surface area contributed by atoms with Gasteiger partial charge in [0.05, 0.1) is 17.4 Å². The van der Waals surface area contributed by atoms with Crippen LogP contribution in [0.5, 0.6) is 0 Å². The molecule has 32 heavy (non-hydrogen) atoms. The number of carbonyl (C=O) groups excluding carboxylic acids is 2. The summed E-state index contributed by atoms with van der Waals surface area (Å²) in [7, 11) is 0. The van der Waals surface area contributed by atoms with Crippen LogP contribution in [0.2, 0.25) is 0 Å². The van der Waals surface area contributed by atoms with Gasteiger partial charge >= 0.3 is 0 Å². The van der Waals surface area contributed by atoms with Gasteiger partial charge < -0.3 is 15.2 Å². The first-order chi connectivity index (χ1) is 15.2. The topological polar surface area (TPSA) is 102 Å². The van der Waals surface area contributed by atoms with Gasteiger partial charge in [0.25, 0.3) is 0 Å². The van der Waals surface area contributed by atoms with Gasteiger partial charge in [-0.25, -0.2) is 4.98 Å². The van der Waals surface area contributed by atoms with E-state index in [4.69, 9.17) is 0 Å². The quantitative estimate of drug-likeness (QED) is 0.474. The molecule has 2 heterocycles. The molecular formula is C22H28N6O2S2. The molecule has 0 bridgehead atoms. The van der Waals surface area contributed by atoms with E-state index in [1.54, 1.807) is 0 Å². The minimum Gasteiger partial charge on any atom is -0.325 e. The third kappa shape index (κ3) is 5.55. The zero-order valence-electron chi connectivity index (χ0n) is 19.1. The van der Waals surface area contributed by atoms with Crippen molar-refractivity contribution in [3.8, 4) is 0 Å². The summed E-state index contributed by atoms with van der Waals surface area (Å²) in [6.45, 7) is 12.3. The van der Waals surface area contributed by atoms with Crippen molar-refractivity contribution in [2.75, 3.05) is 10.6 Å². The molecule has 2 N–H and O–H groups in total. The van der Waals surface area contributed by atoms with Gasteiger partial charge in [-0.2, -0.15) is 0 Å². The summed E-state index contributed by atoms with van der Waals surface area (Å²) >= 11 is 2.77. The molecule has 2 aromatic heterocycles. The summed E-state index contributed by atoms with van der Waals surface area (Å²) in [5.74, 6) is 0.262. The fraction of sp³-hybridized carbons (Fsp3) is 0.409. The number of aromatic nitrogens is 4. The predicted molar refractivity (Wildman–Crippen MR) is 129 cm³/mol. The lowest BCUT2D eigenvalue weighted by Crippen LogP contribution is -2.23. The standard InChI is InChI=1S/C22H28N6O2S2/c1-7-28-18(11-19(29)24-17-10-8-9-12(2)13(17)3)26-27-22(28)32-16(6)20(30)25-21-23-14(4)15(5)31-21/h8-10,16H,7,11H2,1-6H3,(H,24,29)(H,23,25,30). The molecule has 3 aromatic rings. The molecule has 0 saturated heterocycles. The Kier molecular flexibility index (Phi) is 7.68. The Hall–Kier alpha value is -2.72. The smallest absolute Gasteiger partial charge is 0.239 e. The van der Waals surface area contributed by atoms with Gasteiger partial charge in [-0.05, 0) is 58.7 Å². The number of hydrogen-bond donors (Lipinski definition) is 2. The molecule has 0 spiro atoms. The Bertz CT molecular complexity index is 1120. The summed E-state index contributed by atoms with van der Waals surface area (Å²) in [5, 5.41) is 15.1. The summed E-state index contributed by atoms with van der Waals surface area (Å²) in [4.78, 5) is 30.6.